The number of aryl methyl sites for hydroxylation is 1. The van der Waals surface area contributed by atoms with Gasteiger partial charge in [-0.3, -0.25) is 0 Å². The van der Waals surface area contributed by atoms with Crippen LogP contribution in [-0.4, -0.2) is 19.1 Å². The molecule has 0 fully saturated rings. The Kier molecular flexibility index (Phi) is 4.69. The first-order chi connectivity index (χ1) is 9.82. The Morgan fingerprint density at radius 1 is 1.19 bits per heavy atom. The summed E-state index contributed by atoms with van der Waals surface area (Å²) < 4.78 is 0. The lowest BCUT2D eigenvalue weighted by Crippen LogP contribution is -2.17. The van der Waals surface area contributed by atoms with Gasteiger partial charge < -0.3 is 10.2 Å². The van der Waals surface area contributed by atoms with Crippen LogP contribution in [0.15, 0.2) is 24.3 Å². The second-order valence-electron chi connectivity index (χ2n) is 6.44. The molecular formula is C17H25N3S. The van der Waals surface area contributed by atoms with Crippen molar-refractivity contribution >= 4 is 22.2 Å². The van der Waals surface area contributed by atoms with Crippen LogP contribution in [0.5, 0.6) is 0 Å². The molecule has 0 atom stereocenters. The number of anilines is 2. The van der Waals surface area contributed by atoms with E-state index in [9.17, 15) is 0 Å². The summed E-state index contributed by atoms with van der Waals surface area (Å²) >= 11 is 1.77. The number of nitrogens with zero attached hydrogens (tertiary/aromatic N) is 2. The second kappa shape index (κ2) is 6.16. The van der Waals surface area contributed by atoms with Gasteiger partial charge in [0.25, 0.3) is 0 Å². The van der Waals surface area contributed by atoms with Crippen LogP contribution in [0.3, 0.4) is 0 Å². The van der Waals surface area contributed by atoms with Gasteiger partial charge in [-0.05, 0) is 26.1 Å². The number of rotatable bonds is 4. The zero-order valence-electron chi connectivity index (χ0n) is 13.8. The molecule has 0 unspecified atom stereocenters. The number of aromatic nitrogens is 1. The fourth-order valence-corrected chi connectivity index (χ4v) is 3.49. The van der Waals surface area contributed by atoms with Crippen LogP contribution >= 0.6 is 11.3 Å². The number of hydrogen-bond donors (Lipinski definition) is 1. The van der Waals surface area contributed by atoms with E-state index in [1.165, 1.54) is 21.8 Å². The van der Waals surface area contributed by atoms with E-state index >= 15 is 0 Å². The van der Waals surface area contributed by atoms with Gasteiger partial charge in [0.2, 0.25) is 0 Å². The fourth-order valence-electron chi connectivity index (χ4n) is 2.23. The van der Waals surface area contributed by atoms with Crippen molar-refractivity contribution < 1.29 is 0 Å². The molecule has 0 radical (unpaired) electrons. The molecule has 1 heterocycles. The lowest BCUT2D eigenvalue weighted by atomic mass is 9.91. The Morgan fingerprint density at radius 3 is 2.33 bits per heavy atom. The monoisotopic (exact) mass is 303 g/mol. The second-order valence-corrected chi connectivity index (χ2v) is 7.51. The minimum atomic E-state index is 0.0645. The molecule has 1 aromatic carbocycles. The molecule has 114 valence electrons. The number of nitrogens with one attached hydrogen (secondary N) is 1. The summed E-state index contributed by atoms with van der Waals surface area (Å²) in [6.07, 6.45) is 0. The Bertz CT molecular complexity index is 593. The molecule has 2 aromatic rings. The van der Waals surface area contributed by atoms with Crippen molar-refractivity contribution in [2.75, 3.05) is 19.0 Å². The Balaban J connectivity index is 2.37. The third-order valence-corrected chi connectivity index (χ3v) is 4.57. The zero-order valence-corrected chi connectivity index (χ0v) is 14.6. The highest BCUT2D eigenvalue weighted by molar-refractivity contribution is 7.15. The maximum atomic E-state index is 4.90. The first kappa shape index (κ1) is 16.0. The largest absolute Gasteiger partial charge is 0.321 e. The minimum Gasteiger partial charge on any atom is -0.321 e. The molecule has 1 N–H and O–H groups in total. The first-order valence-corrected chi connectivity index (χ1v) is 8.09. The minimum absolute atomic E-state index is 0.0645. The van der Waals surface area contributed by atoms with Crippen LogP contribution < -0.4 is 10.2 Å². The number of thiazole rings is 1. The molecule has 0 amide bonds. The van der Waals surface area contributed by atoms with Gasteiger partial charge in [-0.15, -0.1) is 0 Å². The number of benzene rings is 1. The molecule has 0 aliphatic carbocycles. The summed E-state index contributed by atoms with van der Waals surface area (Å²) in [7, 11) is 4.06. The van der Waals surface area contributed by atoms with Crippen molar-refractivity contribution in [3.63, 3.8) is 0 Å². The van der Waals surface area contributed by atoms with Crippen molar-refractivity contribution in [1.82, 2.24) is 10.3 Å². The van der Waals surface area contributed by atoms with Gasteiger partial charge in [0.15, 0.2) is 5.13 Å². The van der Waals surface area contributed by atoms with E-state index in [1.807, 2.05) is 7.05 Å². The summed E-state index contributed by atoms with van der Waals surface area (Å²) in [6, 6.07) is 8.56. The van der Waals surface area contributed by atoms with Crippen LogP contribution in [0.4, 0.5) is 10.8 Å². The molecule has 0 saturated carbocycles. The average molecular weight is 303 g/mol. The van der Waals surface area contributed by atoms with Crippen molar-refractivity contribution in [1.29, 1.82) is 0 Å². The van der Waals surface area contributed by atoms with E-state index < -0.39 is 0 Å². The smallest absolute Gasteiger partial charge is 0.190 e. The molecule has 0 aliphatic rings. The summed E-state index contributed by atoms with van der Waals surface area (Å²) in [5, 5.41) is 4.30. The van der Waals surface area contributed by atoms with Crippen LogP contribution in [0.1, 0.15) is 36.9 Å². The van der Waals surface area contributed by atoms with E-state index in [0.29, 0.717) is 0 Å². The van der Waals surface area contributed by atoms with Crippen LogP contribution in [0.2, 0.25) is 0 Å². The number of hydrogen-bond acceptors (Lipinski definition) is 4. The average Bonchev–Trinajstić information content (AvgIpc) is 2.83. The molecular weight excluding hydrogens is 278 g/mol. The molecule has 4 heteroatoms. The lowest BCUT2D eigenvalue weighted by Gasteiger charge is -2.18. The Labute approximate surface area is 132 Å². The van der Waals surface area contributed by atoms with Gasteiger partial charge in [-0.25, -0.2) is 4.98 Å². The van der Waals surface area contributed by atoms with Crippen LogP contribution in [0, 0.1) is 6.92 Å². The van der Waals surface area contributed by atoms with Gasteiger partial charge in [-0.2, -0.15) is 0 Å². The third kappa shape index (κ3) is 3.63. The quantitative estimate of drug-likeness (QED) is 0.916. The van der Waals surface area contributed by atoms with E-state index in [1.54, 1.807) is 11.3 Å². The van der Waals surface area contributed by atoms with Crippen molar-refractivity contribution in [2.45, 2.75) is 39.7 Å². The van der Waals surface area contributed by atoms with E-state index in [4.69, 9.17) is 4.98 Å². The van der Waals surface area contributed by atoms with E-state index in [0.717, 1.165) is 11.7 Å². The third-order valence-electron chi connectivity index (χ3n) is 3.44. The maximum Gasteiger partial charge on any atom is 0.190 e. The standard InChI is InChI=1S/C17H25N3S/c1-12-7-9-13(10-8-12)20(6)16-19-15(17(2,3)4)14(21-16)11-18-5/h7-10,18H,11H2,1-6H3. The lowest BCUT2D eigenvalue weighted by molar-refractivity contribution is 0.563. The van der Waals surface area contributed by atoms with Crippen LogP contribution in [0.25, 0.3) is 0 Å². The molecule has 1 aromatic heterocycles. The highest BCUT2D eigenvalue weighted by Gasteiger charge is 2.24. The topological polar surface area (TPSA) is 28.2 Å². The molecule has 0 bridgehead atoms. The highest BCUT2D eigenvalue weighted by atomic mass is 32.1. The summed E-state index contributed by atoms with van der Waals surface area (Å²) in [5.41, 5.74) is 3.70. The Hall–Kier alpha value is -1.39. The molecule has 0 aliphatic heterocycles. The van der Waals surface area contributed by atoms with Crippen molar-refractivity contribution in [3.8, 4) is 0 Å². The first-order valence-electron chi connectivity index (χ1n) is 7.28. The molecule has 0 spiro atoms. The highest BCUT2D eigenvalue weighted by Crippen LogP contribution is 2.35. The SMILES string of the molecule is CNCc1sc(N(C)c2ccc(C)cc2)nc1C(C)(C)C. The van der Waals surface area contributed by atoms with E-state index in [-0.39, 0.29) is 5.41 Å². The predicted molar refractivity (Wildman–Crippen MR) is 92.8 cm³/mol. The van der Waals surface area contributed by atoms with Crippen LogP contribution in [-0.2, 0) is 12.0 Å². The molecule has 3 nitrogen and oxygen atoms in total. The van der Waals surface area contributed by atoms with Crippen molar-refractivity contribution in [3.05, 3.63) is 40.4 Å². The van der Waals surface area contributed by atoms with Gasteiger partial charge in [0, 0.05) is 29.6 Å². The fraction of sp³-hybridized carbons (Fsp3) is 0.471. The van der Waals surface area contributed by atoms with Gasteiger partial charge in [0.1, 0.15) is 0 Å². The zero-order chi connectivity index (χ0) is 15.6. The summed E-state index contributed by atoms with van der Waals surface area (Å²) in [4.78, 5) is 8.39. The molecule has 0 saturated heterocycles. The predicted octanol–water partition coefficient (Wildman–Crippen LogP) is 4.24. The maximum absolute atomic E-state index is 4.90. The van der Waals surface area contributed by atoms with Crippen molar-refractivity contribution in [2.24, 2.45) is 0 Å². The Morgan fingerprint density at radius 2 is 1.81 bits per heavy atom. The normalized spacial score (nSPS) is 11.7. The van der Waals surface area contributed by atoms with E-state index in [2.05, 4.69) is 69.2 Å². The molecule has 2 rings (SSSR count). The molecule has 21 heavy (non-hydrogen) atoms. The van der Waals surface area contributed by atoms with Gasteiger partial charge in [0.05, 0.1) is 5.69 Å². The van der Waals surface area contributed by atoms with Gasteiger partial charge in [-0.1, -0.05) is 49.8 Å². The van der Waals surface area contributed by atoms with Gasteiger partial charge >= 0.3 is 0 Å². The summed E-state index contributed by atoms with van der Waals surface area (Å²) in [5.74, 6) is 0. The summed E-state index contributed by atoms with van der Waals surface area (Å²) in [6.45, 7) is 9.63.